The minimum atomic E-state index is -4.38. The Bertz CT molecular complexity index is 1210. The first-order chi connectivity index (χ1) is 16.1. The van der Waals surface area contributed by atoms with Gasteiger partial charge in [-0.05, 0) is 44.2 Å². The van der Waals surface area contributed by atoms with Crippen molar-refractivity contribution in [1.29, 1.82) is 0 Å². The lowest BCUT2D eigenvalue weighted by Gasteiger charge is -2.43. The van der Waals surface area contributed by atoms with Crippen molar-refractivity contribution in [3.8, 4) is 5.69 Å². The van der Waals surface area contributed by atoms with Crippen LogP contribution >= 0.6 is 0 Å². The smallest absolute Gasteiger partial charge is 0.373 e. The number of carbonyl (C=O) groups excluding carboxylic acids is 1. The number of carbonyl (C=O) groups is 1. The highest BCUT2D eigenvalue weighted by Gasteiger charge is 2.54. The second-order valence-electron chi connectivity index (χ2n) is 8.48. The summed E-state index contributed by atoms with van der Waals surface area (Å²) in [6.07, 6.45) is 0.368. The van der Waals surface area contributed by atoms with E-state index < -0.39 is 17.3 Å². The van der Waals surface area contributed by atoms with Crippen LogP contribution in [-0.4, -0.2) is 50.3 Å². The molecule has 3 atom stereocenters. The van der Waals surface area contributed by atoms with E-state index in [0.717, 1.165) is 12.1 Å². The third-order valence-electron chi connectivity index (χ3n) is 6.21. The van der Waals surface area contributed by atoms with Gasteiger partial charge in [-0.2, -0.15) is 18.2 Å². The molecule has 0 aliphatic carbocycles. The molecule has 4 heterocycles. The van der Waals surface area contributed by atoms with E-state index in [0.29, 0.717) is 36.3 Å². The second kappa shape index (κ2) is 7.97. The van der Waals surface area contributed by atoms with Gasteiger partial charge in [0.25, 0.3) is 0 Å². The molecule has 2 aliphatic rings. The Hall–Kier alpha value is -3.67. The first-order valence-electron chi connectivity index (χ1n) is 10.7. The molecule has 0 saturated carbocycles. The Balaban J connectivity index is 1.28. The Kier molecular flexibility index (Phi) is 5.19. The fourth-order valence-corrected chi connectivity index (χ4v) is 3.98. The van der Waals surface area contributed by atoms with E-state index in [4.69, 9.17) is 4.74 Å². The van der Waals surface area contributed by atoms with Gasteiger partial charge in [-0.15, -0.1) is 0 Å². The molecule has 1 aromatic carbocycles. The van der Waals surface area contributed by atoms with Crippen LogP contribution in [0.2, 0.25) is 0 Å². The highest BCUT2D eigenvalue weighted by molar-refractivity contribution is 5.94. The maximum atomic E-state index is 12.8. The van der Waals surface area contributed by atoms with Gasteiger partial charge >= 0.3 is 12.2 Å². The molecule has 2 N–H and O–H groups in total. The van der Waals surface area contributed by atoms with Crippen LogP contribution in [0.15, 0.2) is 49.1 Å². The average molecular weight is 473 g/mol. The molecule has 34 heavy (non-hydrogen) atoms. The molecule has 12 heteroatoms. The lowest BCUT2D eigenvalue weighted by Crippen LogP contribution is -2.65. The van der Waals surface area contributed by atoms with E-state index >= 15 is 0 Å². The molecule has 178 valence electrons. The number of ether oxygens (including phenoxy) is 1. The van der Waals surface area contributed by atoms with E-state index in [1.54, 1.807) is 27.9 Å². The fraction of sp³-hybridized carbons (Fsp3) is 0.364. The molecule has 2 saturated heterocycles. The number of rotatable bonds is 5. The number of amides is 2. The quantitative estimate of drug-likeness (QED) is 0.589. The normalized spacial score (nSPS) is 23.0. The Morgan fingerprint density at radius 3 is 2.62 bits per heavy atom. The van der Waals surface area contributed by atoms with Crippen molar-refractivity contribution in [2.75, 3.05) is 23.4 Å². The molecule has 3 aromatic rings. The molecule has 2 unspecified atom stereocenters. The van der Waals surface area contributed by atoms with Crippen molar-refractivity contribution >= 4 is 17.8 Å². The SMILES string of the molecule is CC1OCC12CN(c1ccnc(N[C@@H](C)c3cn(-c4ccc(C(F)(F)F)cc4)cn3)n1)C(=O)N2. The minimum Gasteiger partial charge on any atom is -0.373 e. The number of alkyl halides is 3. The predicted molar refractivity (Wildman–Crippen MR) is 117 cm³/mol. The third kappa shape index (κ3) is 3.94. The highest BCUT2D eigenvalue weighted by Crippen LogP contribution is 2.33. The van der Waals surface area contributed by atoms with E-state index in [-0.39, 0.29) is 18.2 Å². The summed E-state index contributed by atoms with van der Waals surface area (Å²) in [5, 5.41) is 6.15. The molecule has 2 aromatic heterocycles. The molecule has 2 amide bonds. The molecular weight excluding hydrogens is 451 g/mol. The fourth-order valence-electron chi connectivity index (χ4n) is 3.98. The van der Waals surface area contributed by atoms with Crippen LogP contribution in [0, 0.1) is 0 Å². The molecule has 2 fully saturated rings. The van der Waals surface area contributed by atoms with Gasteiger partial charge in [-0.25, -0.2) is 14.8 Å². The van der Waals surface area contributed by atoms with Crippen LogP contribution in [0.25, 0.3) is 5.69 Å². The number of halogens is 3. The summed E-state index contributed by atoms with van der Waals surface area (Å²) < 4.78 is 45.5. The summed E-state index contributed by atoms with van der Waals surface area (Å²) in [6, 6.07) is 5.98. The van der Waals surface area contributed by atoms with Gasteiger partial charge in [0.15, 0.2) is 0 Å². The maximum Gasteiger partial charge on any atom is 0.416 e. The first kappa shape index (κ1) is 22.1. The Morgan fingerprint density at radius 2 is 2.00 bits per heavy atom. The molecular formula is C22H22F3N7O2. The number of benzene rings is 1. The summed E-state index contributed by atoms with van der Waals surface area (Å²) in [6.45, 7) is 4.70. The van der Waals surface area contributed by atoms with E-state index in [9.17, 15) is 18.0 Å². The van der Waals surface area contributed by atoms with Gasteiger partial charge in [-0.1, -0.05) is 0 Å². The van der Waals surface area contributed by atoms with E-state index in [1.165, 1.54) is 18.5 Å². The predicted octanol–water partition coefficient (Wildman–Crippen LogP) is 3.54. The monoisotopic (exact) mass is 473 g/mol. The van der Waals surface area contributed by atoms with Gasteiger partial charge < -0.3 is 19.9 Å². The van der Waals surface area contributed by atoms with Crippen molar-refractivity contribution in [2.24, 2.45) is 0 Å². The Labute approximate surface area is 193 Å². The number of anilines is 2. The van der Waals surface area contributed by atoms with Gasteiger partial charge in [0.2, 0.25) is 5.95 Å². The lowest BCUT2D eigenvalue weighted by molar-refractivity contribution is -0.137. The maximum absolute atomic E-state index is 12.8. The summed E-state index contributed by atoms with van der Waals surface area (Å²) in [5.74, 6) is 0.786. The van der Waals surface area contributed by atoms with Crippen molar-refractivity contribution in [3.63, 3.8) is 0 Å². The first-order valence-corrected chi connectivity index (χ1v) is 10.7. The van der Waals surface area contributed by atoms with Gasteiger partial charge in [0.1, 0.15) is 11.4 Å². The standard InChI is InChI=1S/C22H22F3N7O2/c1-13(17-9-31(12-27-17)16-5-3-15(4-6-16)22(23,24)25)28-19-26-8-7-18(29-19)32-10-21(30-20(32)33)11-34-14(21)2/h3-9,12-14H,10-11H2,1-2H3,(H,30,33)(H,26,28,29)/t13-,14?,21?/m0/s1. The summed E-state index contributed by atoms with van der Waals surface area (Å²) in [5.41, 5.74) is 0.0989. The molecule has 9 nitrogen and oxygen atoms in total. The number of aromatic nitrogens is 4. The van der Waals surface area contributed by atoms with Crippen LogP contribution in [0.3, 0.4) is 0 Å². The summed E-state index contributed by atoms with van der Waals surface area (Å²) >= 11 is 0. The van der Waals surface area contributed by atoms with E-state index in [1.807, 2.05) is 13.8 Å². The summed E-state index contributed by atoms with van der Waals surface area (Å²) in [4.78, 5) is 27.1. The van der Waals surface area contributed by atoms with Crippen LogP contribution in [0.4, 0.5) is 29.7 Å². The molecule has 2 aliphatic heterocycles. The number of nitrogens with one attached hydrogen (secondary N) is 2. The zero-order valence-electron chi connectivity index (χ0n) is 18.4. The lowest BCUT2D eigenvalue weighted by atomic mass is 9.90. The van der Waals surface area contributed by atoms with Crippen molar-refractivity contribution in [3.05, 3.63) is 60.3 Å². The third-order valence-corrected chi connectivity index (χ3v) is 6.21. The van der Waals surface area contributed by atoms with Crippen LogP contribution in [0.5, 0.6) is 0 Å². The van der Waals surface area contributed by atoms with Crippen molar-refractivity contribution in [1.82, 2.24) is 24.8 Å². The average Bonchev–Trinajstić information content (AvgIpc) is 3.44. The van der Waals surface area contributed by atoms with Crippen LogP contribution in [-0.2, 0) is 10.9 Å². The zero-order chi connectivity index (χ0) is 24.1. The molecule has 0 bridgehead atoms. The van der Waals surface area contributed by atoms with Gasteiger partial charge in [0, 0.05) is 18.1 Å². The Morgan fingerprint density at radius 1 is 1.24 bits per heavy atom. The summed E-state index contributed by atoms with van der Waals surface area (Å²) in [7, 11) is 0. The number of hydrogen-bond acceptors (Lipinski definition) is 6. The number of nitrogens with zero attached hydrogens (tertiary/aromatic N) is 5. The van der Waals surface area contributed by atoms with Crippen LogP contribution in [0.1, 0.15) is 31.1 Å². The zero-order valence-corrected chi connectivity index (χ0v) is 18.4. The molecule has 0 radical (unpaired) electrons. The van der Waals surface area contributed by atoms with Crippen LogP contribution < -0.4 is 15.5 Å². The topological polar surface area (TPSA) is 97.2 Å². The second-order valence-corrected chi connectivity index (χ2v) is 8.48. The molecule has 5 rings (SSSR count). The largest absolute Gasteiger partial charge is 0.416 e. The highest BCUT2D eigenvalue weighted by atomic mass is 19.4. The van der Waals surface area contributed by atoms with Gasteiger partial charge in [-0.3, -0.25) is 4.90 Å². The number of hydrogen-bond donors (Lipinski definition) is 2. The van der Waals surface area contributed by atoms with E-state index in [2.05, 4.69) is 25.6 Å². The van der Waals surface area contributed by atoms with Crippen molar-refractivity contribution < 1.29 is 22.7 Å². The number of urea groups is 1. The minimum absolute atomic E-state index is 0.0688. The molecule has 1 spiro atoms. The number of imidazole rings is 1. The van der Waals surface area contributed by atoms with Gasteiger partial charge in [0.05, 0.1) is 42.9 Å². The van der Waals surface area contributed by atoms with Crippen molar-refractivity contribution in [2.45, 2.75) is 37.7 Å².